The van der Waals surface area contributed by atoms with Gasteiger partial charge in [0.2, 0.25) is 0 Å². The molecule has 15 rings (SSSR count). The molecule has 8 heteroatoms. The van der Waals surface area contributed by atoms with Crippen molar-refractivity contribution in [3.05, 3.63) is 267 Å². The maximum atomic E-state index is 7.04. The highest BCUT2D eigenvalue weighted by atomic mass is 32.2. The minimum Gasteiger partial charge on any atom is -0.458 e. The third-order valence-electron chi connectivity index (χ3n) is 15.1. The summed E-state index contributed by atoms with van der Waals surface area (Å²) in [5.41, 5.74) is 20.9. The molecular weight excluding hydrogens is 918 g/mol. The Balaban J connectivity index is 1.00. The largest absolute Gasteiger partial charge is 0.458 e. The molecule has 4 heterocycles. The van der Waals surface area contributed by atoms with E-state index in [9.17, 15) is 0 Å². The molecule has 11 aromatic carbocycles. The van der Waals surface area contributed by atoms with E-state index >= 15 is 0 Å². The first-order chi connectivity index (χ1) is 36.7. The van der Waals surface area contributed by atoms with Gasteiger partial charge in [-0.05, 0) is 137 Å². The summed E-state index contributed by atoms with van der Waals surface area (Å²) in [4.78, 5) is 12.2. The van der Waals surface area contributed by atoms with Crippen LogP contribution in [-0.2, 0) is 0 Å². The van der Waals surface area contributed by atoms with Crippen molar-refractivity contribution in [3.8, 4) is 11.5 Å². The Morgan fingerprint density at radius 2 is 0.743 bits per heavy atom. The highest BCUT2D eigenvalue weighted by Gasteiger charge is 2.47. The molecule has 74 heavy (non-hydrogen) atoms. The summed E-state index contributed by atoms with van der Waals surface area (Å²) in [5, 5.41) is 0. The Kier molecular flexibility index (Phi) is 9.95. The van der Waals surface area contributed by atoms with Gasteiger partial charge >= 0.3 is 0 Å². The van der Waals surface area contributed by atoms with Gasteiger partial charge in [-0.1, -0.05) is 169 Å². The second-order valence-electron chi connectivity index (χ2n) is 19.2. The second kappa shape index (κ2) is 17.3. The molecule has 0 aliphatic carbocycles. The molecule has 4 aliphatic heterocycles. The Labute approximate surface area is 436 Å². The summed E-state index contributed by atoms with van der Waals surface area (Å²) in [5.74, 6) is 1.78. The lowest BCUT2D eigenvalue weighted by atomic mass is 9.31. The van der Waals surface area contributed by atoms with Crippen molar-refractivity contribution in [1.82, 2.24) is 0 Å². The van der Waals surface area contributed by atoms with Crippen molar-refractivity contribution in [2.45, 2.75) is 9.79 Å². The van der Waals surface area contributed by atoms with E-state index in [0.717, 1.165) is 68.4 Å². The first-order valence-corrected chi connectivity index (χ1v) is 26.1. The quantitative estimate of drug-likeness (QED) is 0.141. The molecule has 11 aromatic rings. The first kappa shape index (κ1) is 42.6. The number of rotatable bonds is 8. The van der Waals surface area contributed by atoms with Crippen LogP contribution in [0.25, 0.3) is 0 Å². The van der Waals surface area contributed by atoms with Crippen molar-refractivity contribution in [3.63, 3.8) is 0 Å². The van der Waals surface area contributed by atoms with Crippen LogP contribution in [0.5, 0.6) is 11.5 Å². The van der Waals surface area contributed by atoms with E-state index in [-0.39, 0.29) is 13.4 Å². The molecule has 0 amide bonds. The third-order valence-corrected chi connectivity index (χ3v) is 16.2. The molecule has 0 bridgehead atoms. The summed E-state index contributed by atoms with van der Waals surface area (Å²) >= 11 is 1.86. The van der Waals surface area contributed by atoms with Crippen LogP contribution in [-0.4, -0.2) is 13.4 Å². The molecule has 0 N–H and O–H groups in total. The predicted molar refractivity (Wildman–Crippen MR) is 312 cm³/mol. The van der Waals surface area contributed by atoms with E-state index in [0.29, 0.717) is 0 Å². The average molecular weight is 963 g/mol. The topological polar surface area (TPSA) is 22.2 Å². The van der Waals surface area contributed by atoms with Gasteiger partial charge in [0.05, 0.1) is 11.4 Å². The van der Waals surface area contributed by atoms with Crippen molar-refractivity contribution < 1.29 is 4.74 Å². The number of para-hydroxylation sites is 8. The molecule has 0 aromatic heterocycles. The van der Waals surface area contributed by atoms with Gasteiger partial charge in [0.15, 0.2) is 0 Å². The minimum atomic E-state index is -0.0824. The minimum absolute atomic E-state index is 0.0548. The molecule has 5 nitrogen and oxygen atoms in total. The summed E-state index contributed by atoms with van der Waals surface area (Å²) in [7, 11) is 0. The summed E-state index contributed by atoms with van der Waals surface area (Å²) in [6, 6.07) is 97.1. The molecule has 0 fully saturated rings. The molecule has 0 saturated heterocycles. The van der Waals surface area contributed by atoms with E-state index in [4.69, 9.17) is 4.74 Å². The van der Waals surface area contributed by atoms with E-state index in [1.807, 2.05) is 11.8 Å². The van der Waals surface area contributed by atoms with Crippen LogP contribution in [0.4, 0.5) is 68.2 Å². The number of nitrogens with zero attached hydrogens (tertiary/aromatic N) is 4. The second-order valence-corrected chi connectivity index (χ2v) is 20.3. The molecular formula is C66H44B2N4OS. The van der Waals surface area contributed by atoms with Crippen molar-refractivity contribution >= 4 is 126 Å². The lowest BCUT2D eigenvalue weighted by molar-refractivity contribution is 0.486. The fourth-order valence-electron chi connectivity index (χ4n) is 12.0. The zero-order valence-corrected chi connectivity index (χ0v) is 41.0. The third kappa shape index (κ3) is 6.75. The Morgan fingerprint density at radius 1 is 0.297 bits per heavy atom. The van der Waals surface area contributed by atoms with Gasteiger partial charge in [-0.25, -0.2) is 0 Å². The van der Waals surface area contributed by atoms with Gasteiger partial charge in [0, 0.05) is 72.7 Å². The summed E-state index contributed by atoms with van der Waals surface area (Å²) < 4.78 is 7.04. The van der Waals surface area contributed by atoms with Crippen LogP contribution in [0, 0.1) is 0 Å². The number of anilines is 12. The van der Waals surface area contributed by atoms with Crippen molar-refractivity contribution in [2.75, 3.05) is 19.6 Å². The van der Waals surface area contributed by atoms with Gasteiger partial charge < -0.3 is 24.3 Å². The van der Waals surface area contributed by atoms with Crippen LogP contribution in [0.1, 0.15) is 0 Å². The van der Waals surface area contributed by atoms with Crippen molar-refractivity contribution in [1.29, 1.82) is 0 Å². The monoisotopic (exact) mass is 962 g/mol. The smallest absolute Gasteiger partial charge is 0.253 e. The zero-order chi connectivity index (χ0) is 48.7. The number of hydrogen-bond donors (Lipinski definition) is 0. The van der Waals surface area contributed by atoms with Crippen LogP contribution in [0.2, 0.25) is 0 Å². The molecule has 0 atom stereocenters. The lowest BCUT2D eigenvalue weighted by Gasteiger charge is -2.45. The number of benzene rings is 11. The van der Waals surface area contributed by atoms with Gasteiger partial charge in [-0.3, -0.25) is 0 Å². The van der Waals surface area contributed by atoms with Crippen LogP contribution < -0.4 is 57.1 Å². The SMILES string of the molecule is c1ccc(N(c2ccccc2)c2cc3c4c(c2)Sc2cc5c(cc2B4c2ccccc2O3)B2c3ccccc3N(c3ccccc3)c3cc(N(c4ccccc4)c4ccccc4)cc(c32)N5c2ccccc2)cc1. The van der Waals surface area contributed by atoms with E-state index in [1.165, 1.54) is 53.9 Å². The van der Waals surface area contributed by atoms with Crippen LogP contribution in [0.3, 0.4) is 0 Å². The van der Waals surface area contributed by atoms with E-state index in [1.54, 1.807) is 0 Å². The highest BCUT2D eigenvalue weighted by Crippen LogP contribution is 2.50. The van der Waals surface area contributed by atoms with Gasteiger partial charge in [0.1, 0.15) is 11.5 Å². The molecule has 346 valence electrons. The van der Waals surface area contributed by atoms with Gasteiger partial charge in [0.25, 0.3) is 13.4 Å². The number of fused-ring (bicyclic) bond motifs is 8. The standard InChI is InChI=1S/C66H44B2N4OS/c1-7-23-45(24-8-1)69(46-25-9-2-10-26-46)51-39-59-65-60(40-51)72(50-33-17-6-18-34-50)58-44-63-56(43-55(58)67(65)53-35-19-21-37-57(53)71(59)49-31-15-5-16-32-49)68-54-36-20-22-38-61(54)73-62-41-52(42-64(74-63)66(62)68)70(47-27-11-3-12-28-47)48-29-13-4-14-30-48/h1-44H. The Hall–Kier alpha value is -9.10. The molecule has 0 unspecified atom stereocenters. The van der Waals surface area contributed by atoms with Gasteiger partial charge in [-0.2, -0.15) is 0 Å². The summed E-state index contributed by atoms with van der Waals surface area (Å²) in [6.07, 6.45) is 0. The zero-order valence-electron chi connectivity index (χ0n) is 40.2. The maximum Gasteiger partial charge on any atom is 0.253 e. The molecule has 4 aliphatic rings. The summed E-state index contributed by atoms with van der Waals surface area (Å²) in [6.45, 7) is -0.137. The molecule has 0 radical (unpaired) electrons. The molecule has 0 saturated carbocycles. The number of hydrogen-bond acceptors (Lipinski definition) is 6. The van der Waals surface area contributed by atoms with Crippen LogP contribution >= 0.6 is 11.8 Å². The fourth-order valence-corrected chi connectivity index (χ4v) is 13.2. The van der Waals surface area contributed by atoms with Crippen molar-refractivity contribution in [2.24, 2.45) is 0 Å². The highest BCUT2D eigenvalue weighted by molar-refractivity contribution is 8.00. The van der Waals surface area contributed by atoms with E-state index < -0.39 is 0 Å². The maximum absolute atomic E-state index is 7.04. The average Bonchev–Trinajstić information content (AvgIpc) is 3.47. The fraction of sp³-hybridized carbons (Fsp3) is 0. The predicted octanol–water partition coefficient (Wildman–Crippen LogP) is 13.8. The van der Waals surface area contributed by atoms with E-state index in [2.05, 4.69) is 287 Å². The lowest BCUT2D eigenvalue weighted by Crippen LogP contribution is -2.64. The Bertz CT molecular complexity index is 3870. The first-order valence-electron chi connectivity index (χ1n) is 25.3. The van der Waals surface area contributed by atoms with Gasteiger partial charge in [-0.15, -0.1) is 0 Å². The number of ether oxygens (including phenoxy) is 1. The molecule has 0 spiro atoms. The normalized spacial score (nSPS) is 13.1. The Morgan fingerprint density at radius 3 is 1.30 bits per heavy atom. The van der Waals surface area contributed by atoms with Crippen LogP contribution in [0.15, 0.2) is 277 Å².